The molecular formula is C15H23FN2O. The lowest BCUT2D eigenvalue weighted by atomic mass is 10.0. The minimum Gasteiger partial charge on any atom is -0.377 e. The molecule has 0 saturated carbocycles. The molecule has 0 aromatic heterocycles. The van der Waals surface area contributed by atoms with Crippen molar-refractivity contribution in [2.45, 2.75) is 32.4 Å². The van der Waals surface area contributed by atoms with Gasteiger partial charge < -0.3 is 10.5 Å². The van der Waals surface area contributed by atoms with Crippen molar-refractivity contribution in [3.63, 3.8) is 0 Å². The molecular weight excluding hydrogens is 243 g/mol. The third-order valence-electron chi connectivity index (χ3n) is 3.73. The third-order valence-corrected chi connectivity index (χ3v) is 3.73. The van der Waals surface area contributed by atoms with Crippen LogP contribution in [0, 0.1) is 12.7 Å². The van der Waals surface area contributed by atoms with Crippen molar-refractivity contribution >= 4 is 0 Å². The topological polar surface area (TPSA) is 38.5 Å². The molecule has 0 bridgehead atoms. The average molecular weight is 266 g/mol. The van der Waals surface area contributed by atoms with E-state index in [4.69, 9.17) is 10.5 Å². The quantitative estimate of drug-likeness (QED) is 0.912. The van der Waals surface area contributed by atoms with Gasteiger partial charge in [0.2, 0.25) is 0 Å². The summed E-state index contributed by atoms with van der Waals surface area (Å²) >= 11 is 0. The van der Waals surface area contributed by atoms with Crippen LogP contribution in [0.4, 0.5) is 4.39 Å². The highest BCUT2D eigenvalue weighted by Crippen LogP contribution is 2.24. The lowest BCUT2D eigenvalue weighted by Crippen LogP contribution is -2.37. The summed E-state index contributed by atoms with van der Waals surface area (Å²) in [5, 5.41) is 0. The van der Waals surface area contributed by atoms with Gasteiger partial charge in [0.1, 0.15) is 5.82 Å². The molecule has 0 amide bonds. The van der Waals surface area contributed by atoms with Gasteiger partial charge in [-0.1, -0.05) is 12.1 Å². The van der Waals surface area contributed by atoms with E-state index in [0.29, 0.717) is 12.1 Å². The highest BCUT2D eigenvalue weighted by Gasteiger charge is 2.23. The van der Waals surface area contributed by atoms with E-state index < -0.39 is 0 Å². The van der Waals surface area contributed by atoms with E-state index in [9.17, 15) is 4.39 Å². The lowest BCUT2D eigenvalue weighted by molar-refractivity contribution is 0.0611. The van der Waals surface area contributed by atoms with Crippen molar-refractivity contribution in [2.75, 3.05) is 26.2 Å². The molecule has 1 fully saturated rings. The van der Waals surface area contributed by atoms with Crippen molar-refractivity contribution < 1.29 is 9.13 Å². The number of hydrogen-bond acceptors (Lipinski definition) is 3. The maximum absolute atomic E-state index is 13.7. The van der Waals surface area contributed by atoms with Crippen LogP contribution in [-0.4, -0.2) is 37.2 Å². The van der Waals surface area contributed by atoms with Crippen molar-refractivity contribution in [2.24, 2.45) is 5.73 Å². The van der Waals surface area contributed by atoms with E-state index >= 15 is 0 Å². The molecule has 1 aliphatic heterocycles. The fourth-order valence-corrected chi connectivity index (χ4v) is 2.62. The van der Waals surface area contributed by atoms with Crippen molar-refractivity contribution in [3.8, 4) is 0 Å². The van der Waals surface area contributed by atoms with E-state index in [0.717, 1.165) is 31.7 Å². The van der Waals surface area contributed by atoms with Crippen LogP contribution in [0.2, 0.25) is 0 Å². The molecule has 1 saturated heterocycles. The van der Waals surface area contributed by atoms with Gasteiger partial charge in [-0.3, -0.25) is 4.90 Å². The Morgan fingerprint density at radius 2 is 2.32 bits per heavy atom. The van der Waals surface area contributed by atoms with Crippen LogP contribution in [0.3, 0.4) is 0 Å². The molecule has 3 nitrogen and oxygen atoms in total. The van der Waals surface area contributed by atoms with Crippen molar-refractivity contribution in [3.05, 3.63) is 35.1 Å². The number of nitrogens with zero attached hydrogens (tertiary/aromatic N) is 1. The Hall–Kier alpha value is -0.970. The van der Waals surface area contributed by atoms with Gasteiger partial charge in [0.05, 0.1) is 6.10 Å². The van der Waals surface area contributed by atoms with Gasteiger partial charge in [0, 0.05) is 32.3 Å². The zero-order valence-electron chi connectivity index (χ0n) is 11.7. The van der Waals surface area contributed by atoms with E-state index in [1.54, 1.807) is 13.0 Å². The second-order valence-electron chi connectivity index (χ2n) is 5.29. The first kappa shape index (κ1) is 14.4. The van der Waals surface area contributed by atoms with Crippen LogP contribution in [0.25, 0.3) is 0 Å². The summed E-state index contributed by atoms with van der Waals surface area (Å²) in [6.07, 6.45) is 1.20. The highest BCUT2D eigenvalue weighted by atomic mass is 19.1. The summed E-state index contributed by atoms with van der Waals surface area (Å²) in [4.78, 5) is 2.31. The van der Waals surface area contributed by atoms with Gasteiger partial charge in [-0.25, -0.2) is 4.39 Å². The molecule has 106 valence electrons. The number of halogens is 1. The number of hydrogen-bond donors (Lipinski definition) is 1. The van der Waals surface area contributed by atoms with Crippen LogP contribution in [-0.2, 0) is 4.74 Å². The van der Waals surface area contributed by atoms with E-state index in [1.807, 2.05) is 12.1 Å². The SMILES string of the molecule is Cc1ccc(C(CN)N2CCCOC(C)C2)cc1F. The summed E-state index contributed by atoms with van der Waals surface area (Å²) in [6, 6.07) is 5.49. The van der Waals surface area contributed by atoms with Crippen LogP contribution >= 0.6 is 0 Å². The fourth-order valence-electron chi connectivity index (χ4n) is 2.62. The standard InChI is InChI=1S/C15H23FN2O/c1-11-4-5-13(8-14(11)16)15(9-17)18-6-3-7-19-12(2)10-18/h4-5,8,12,15H,3,6-7,9-10,17H2,1-2H3. The van der Waals surface area contributed by atoms with Gasteiger partial charge in [-0.05, 0) is 37.5 Å². The molecule has 0 spiro atoms. The second-order valence-corrected chi connectivity index (χ2v) is 5.29. The Labute approximate surface area is 114 Å². The monoisotopic (exact) mass is 266 g/mol. The molecule has 1 aromatic rings. The maximum atomic E-state index is 13.7. The molecule has 1 aromatic carbocycles. The van der Waals surface area contributed by atoms with Crippen LogP contribution in [0.1, 0.15) is 30.5 Å². The number of aryl methyl sites for hydroxylation is 1. The molecule has 0 radical (unpaired) electrons. The molecule has 2 rings (SSSR count). The van der Waals surface area contributed by atoms with E-state index in [-0.39, 0.29) is 18.0 Å². The number of nitrogens with two attached hydrogens (primary N) is 1. The van der Waals surface area contributed by atoms with Crippen molar-refractivity contribution in [1.82, 2.24) is 4.90 Å². The predicted octanol–water partition coefficient (Wildman–Crippen LogP) is 2.24. The van der Waals surface area contributed by atoms with Crippen LogP contribution in [0.5, 0.6) is 0 Å². The normalized spacial score (nSPS) is 23.1. The predicted molar refractivity (Wildman–Crippen MR) is 74.5 cm³/mol. The smallest absolute Gasteiger partial charge is 0.126 e. The highest BCUT2D eigenvalue weighted by molar-refractivity contribution is 5.26. The van der Waals surface area contributed by atoms with Gasteiger partial charge in [-0.2, -0.15) is 0 Å². The van der Waals surface area contributed by atoms with Gasteiger partial charge >= 0.3 is 0 Å². The first-order valence-electron chi connectivity index (χ1n) is 6.93. The number of rotatable bonds is 3. The fraction of sp³-hybridized carbons (Fsp3) is 0.600. The summed E-state index contributed by atoms with van der Waals surface area (Å²) < 4.78 is 19.4. The van der Waals surface area contributed by atoms with E-state index in [2.05, 4.69) is 11.8 Å². The third kappa shape index (κ3) is 3.53. The number of benzene rings is 1. The van der Waals surface area contributed by atoms with Gasteiger partial charge in [0.25, 0.3) is 0 Å². The van der Waals surface area contributed by atoms with Crippen LogP contribution < -0.4 is 5.73 Å². The Kier molecular flexibility index (Phi) is 4.91. The minimum atomic E-state index is -0.157. The summed E-state index contributed by atoms with van der Waals surface area (Å²) in [5.74, 6) is -0.157. The minimum absolute atomic E-state index is 0.0687. The van der Waals surface area contributed by atoms with E-state index in [1.165, 1.54) is 0 Å². The summed E-state index contributed by atoms with van der Waals surface area (Å²) in [6.45, 7) is 6.92. The zero-order chi connectivity index (χ0) is 13.8. The molecule has 1 heterocycles. The first-order chi connectivity index (χ1) is 9.11. The molecule has 4 heteroatoms. The molecule has 2 atom stereocenters. The number of ether oxygens (including phenoxy) is 1. The van der Waals surface area contributed by atoms with Gasteiger partial charge in [-0.15, -0.1) is 0 Å². The molecule has 0 aliphatic carbocycles. The average Bonchev–Trinajstić information content (AvgIpc) is 2.59. The Morgan fingerprint density at radius 3 is 3.00 bits per heavy atom. The Morgan fingerprint density at radius 1 is 1.53 bits per heavy atom. The lowest BCUT2D eigenvalue weighted by Gasteiger charge is -2.31. The summed E-state index contributed by atoms with van der Waals surface area (Å²) in [7, 11) is 0. The maximum Gasteiger partial charge on any atom is 0.126 e. The molecule has 2 N–H and O–H groups in total. The van der Waals surface area contributed by atoms with Gasteiger partial charge in [0.15, 0.2) is 0 Å². The molecule has 19 heavy (non-hydrogen) atoms. The zero-order valence-corrected chi connectivity index (χ0v) is 11.7. The Balaban J connectivity index is 2.20. The Bertz CT molecular complexity index is 425. The molecule has 1 aliphatic rings. The van der Waals surface area contributed by atoms with Crippen LogP contribution in [0.15, 0.2) is 18.2 Å². The molecule has 2 unspecified atom stereocenters. The first-order valence-corrected chi connectivity index (χ1v) is 6.93. The largest absolute Gasteiger partial charge is 0.377 e. The summed E-state index contributed by atoms with van der Waals surface area (Å²) in [5.41, 5.74) is 7.55. The van der Waals surface area contributed by atoms with Crippen molar-refractivity contribution in [1.29, 1.82) is 0 Å². The second kappa shape index (κ2) is 6.46.